The Morgan fingerprint density at radius 1 is 1.36 bits per heavy atom. The van der Waals surface area contributed by atoms with Crippen molar-refractivity contribution >= 4 is 44.4 Å². The van der Waals surface area contributed by atoms with Gasteiger partial charge >= 0.3 is 0 Å². The summed E-state index contributed by atoms with van der Waals surface area (Å²) in [6.07, 6.45) is 1.63. The quantitative estimate of drug-likeness (QED) is 0.659. The number of nitrogens with one attached hydrogen (secondary N) is 1. The third-order valence-electron chi connectivity index (χ3n) is 4.98. The summed E-state index contributed by atoms with van der Waals surface area (Å²) < 4.78 is 14.2. The summed E-state index contributed by atoms with van der Waals surface area (Å²) in [5.41, 5.74) is 1.46. The van der Waals surface area contributed by atoms with Crippen LogP contribution in [0.15, 0.2) is 22.8 Å². The Balaban J connectivity index is 1.70. The number of tetrazole rings is 1. The monoisotopic (exact) mass is 403 g/mol. The van der Waals surface area contributed by atoms with Crippen LogP contribution in [0, 0.1) is 5.82 Å². The minimum atomic E-state index is -0.705. The van der Waals surface area contributed by atoms with Crippen molar-refractivity contribution in [3.63, 3.8) is 0 Å². The van der Waals surface area contributed by atoms with E-state index in [4.69, 9.17) is 0 Å². The van der Waals surface area contributed by atoms with Gasteiger partial charge in [0.2, 0.25) is 5.91 Å². The van der Waals surface area contributed by atoms with Crippen molar-refractivity contribution in [3.8, 4) is 0 Å². The van der Waals surface area contributed by atoms with E-state index in [0.29, 0.717) is 29.0 Å². The molecule has 5 rings (SSSR count). The van der Waals surface area contributed by atoms with Gasteiger partial charge in [-0.05, 0) is 27.2 Å². The van der Waals surface area contributed by atoms with Gasteiger partial charge in [-0.25, -0.2) is 4.39 Å². The van der Waals surface area contributed by atoms with Crippen LogP contribution in [0.3, 0.4) is 0 Å². The largest absolute Gasteiger partial charge is 0.335 e. The number of fused-ring (bicyclic) bond motifs is 4. The highest BCUT2D eigenvalue weighted by Gasteiger charge is 2.59. The van der Waals surface area contributed by atoms with E-state index in [1.54, 1.807) is 24.2 Å². The number of H-pyrrole nitrogens is 1. The number of carbonyl (C=O) groups excluding carboxylic acids is 1. The number of likely N-dealkylation sites (N-methyl/N-ethyl adjacent to an activating group) is 1. The molecule has 2 aliphatic heterocycles. The van der Waals surface area contributed by atoms with Gasteiger partial charge < -0.3 is 9.80 Å². The molecule has 0 atom stereocenters. The maximum atomic E-state index is 13.9. The number of pyridine rings is 1. The maximum absolute atomic E-state index is 13.9. The lowest BCUT2D eigenvalue weighted by Crippen LogP contribution is -2.64. The molecule has 126 valence electrons. The molecule has 0 bridgehead atoms. The zero-order chi connectivity index (χ0) is 17.3. The fraction of sp³-hybridized carbons (Fsp3) is 0.267. The molecule has 8 nitrogen and oxygen atoms in total. The minimum absolute atomic E-state index is 0.00278. The fourth-order valence-corrected chi connectivity index (χ4v) is 4.15. The molecule has 0 unspecified atom stereocenters. The number of aromatic amines is 1. The van der Waals surface area contributed by atoms with Crippen molar-refractivity contribution in [2.24, 2.45) is 0 Å². The molecule has 0 saturated carbocycles. The molecule has 1 aromatic carbocycles. The lowest BCUT2D eigenvalue weighted by Gasteiger charge is -2.46. The summed E-state index contributed by atoms with van der Waals surface area (Å²) in [7, 11) is 1.74. The van der Waals surface area contributed by atoms with Crippen LogP contribution in [0.4, 0.5) is 16.0 Å². The van der Waals surface area contributed by atoms with Crippen LogP contribution in [-0.4, -0.2) is 51.7 Å². The molecule has 3 aromatic rings. The number of aromatic nitrogens is 5. The Morgan fingerprint density at radius 3 is 2.88 bits per heavy atom. The highest BCUT2D eigenvalue weighted by molar-refractivity contribution is 9.10. The summed E-state index contributed by atoms with van der Waals surface area (Å²) in [5.74, 6) is 0.0748. The Hall–Kier alpha value is -2.62. The van der Waals surface area contributed by atoms with Crippen LogP contribution < -0.4 is 9.80 Å². The second-order valence-corrected chi connectivity index (χ2v) is 7.17. The molecule has 1 spiro atoms. The van der Waals surface area contributed by atoms with E-state index in [-0.39, 0.29) is 11.7 Å². The number of halogens is 2. The number of amides is 1. The SMILES string of the molecule is CN1C(=O)C2(CN(c3nn[nH]n3)C2)c2c1cnc1cc(F)c(Br)cc21. The molecular formula is C15H11BrFN7O. The minimum Gasteiger partial charge on any atom is -0.335 e. The highest BCUT2D eigenvalue weighted by Crippen LogP contribution is 2.50. The summed E-state index contributed by atoms with van der Waals surface area (Å²) >= 11 is 3.23. The summed E-state index contributed by atoms with van der Waals surface area (Å²) in [5, 5.41) is 14.7. The van der Waals surface area contributed by atoms with Crippen molar-refractivity contribution in [2.75, 3.05) is 29.9 Å². The van der Waals surface area contributed by atoms with Crippen molar-refractivity contribution in [1.29, 1.82) is 0 Å². The number of nitrogens with zero attached hydrogens (tertiary/aromatic N) is 6. The van der Waals surface area contributed by atoms with E-state index < -0.39 is 5.41 Å². The van der Waals surface area contributed by atoms with Crippen molar-refractivity contribution in [1.82, 2.24) is 25.6 Å². The molecule has 25 heavy (non-hydrogen) atoms. The van der Waals surface area contributed by atoms with Gasteiger partial charge in [-0.3, -0.25) is 9.78 Å². The lowest BCUT2D eigenvalue weighted by atomic mass is 9.73. The molecule has 0 aliphatic carbocycles. The van der Waals surface area contributed by atoms with Gasteiger partial charge in [-0.2, -0.15) is 5.21 Å². The Kier molecular flexibility index (Phi) is 2.77. The Bertz CT molecular complexity index is 1030. The molecule has 1 amide bonds. The van der Waals surface area contributed by atoms with Gasteiger partial charge in [-0.15, -0.1) is 5.10 Å². The van der Waals surface area contributed by atoms with Crippen LogP contribution in [0.25, 0.3) is 10.9 Å². The Labute approximate surface area is 149 Å². The van der Waals surface area contributed by atoms with Gasteiger partial charge in [0.15, 0.2) is 0 Å². The van der Waals surface area contributed by atoms with Gasteiger partial charge in [-0.1, -0.05) is 5.10 Å². The first-order chi connectivity index (χ1) is 12.0. The second kappa shape index (κ2) is 4.72. The molecule has 1 N–H and O–H groups in total. The van der Waals surface area contributed by atoms with E-state index in [0.717, 1.165) is 16.6 Å². The molecule has 1 fully saturated rings. The zero-order valence-corrected chi connectivity index (χ0v) is 14.6. The van der Waals surface area contributed by atoms with Gasteiger partial charge in [0.05, 0.1) is 21.9 Å². The van der Waals surface area contributed by atoms with E-state index in [2.05, 4.69) is 41.5 Å². The van der Waals surface area contributed by atoms with Crippen LogP contribution in [0.2, 0.25) is 0 Å². The molecule has 1 saturated heterocycles. The molecule has 4 heterocycles. The van der Waals surface area contributed by atoms with Crippen LogP contribution in [0.5, 0.6) is 0 Å². The topological polar surface area (TPSA) is 90.9 Å². The summed E-state index contributed by atoms with van der Waals surface area (Å²) in [6.45, 7) is 0.883. The highest BCUT2D eigenvalue weighted by atomic mass is 79.9. The van der Waals surface area contributed by atoms with Crippen molar-refractivity contribution in [2.45, 2.75) is 5.41 Å². The summed E-state index contributed by atoms with van der Waals surface area (Å²) in [4.78, 5) is 20.8. The third kappa shape index (κ3) is 1.77. The second-order valence-electron chi connectivity index (χ2n) is 6.32. The predicted octanol–water partition coefficient (Wildman–Crippen LogP) is 1.38. The smallest absolute Gasteiger partial charge is 0.265 e. The first-order valence-corrected chi connectivity index (χ1v) is 8.35. The third-order valence-corrected chi connectivity index (χ3v) is 5.59. The first-order valence-electron chi connectivity index (χ1n) is 7.56. The predicted molar refractivity (Wildman–Crippen MR) is 90.9 cm³/mol. The number of hydrogen-bond donors (Lipinski definition) is 1. The number of benzene rings is 1. The van der Waals surface area contributed by atoms with Crippen LogP contribution >= 0.6 is 15.9 Å². The molecule has 2 aromatic heterocycles. The van der Waals surface area contributed by atoms with Crippen molar-refractivity contribution in [3.05, 3.63) is 34.2 Å². The average molecular weight is 404 g/mol. The number of anilines is 2. The van der Waals surface area contributed by atoms with Gasteiger partial charge in [0, 0.05) is 37.2 Å². The first kappa shape index (κ1) is 14.7. The number of rotatable bonds is 1. The standard InChI is InChI=1S/C15H11BrFN7O/c1-23-11-4-18-10-3-9(17)8(16)2-7(10)12(11)15(13(23)25)5-24(6-15)14-19-21-22-20-14/h2-4H,5-6H2,1H3,(H,19,20,21,22). The molecular weight excluding hydrogens is 393 g/mol. The zero-order valence-electron chi connectivity index (χ0n) is 13.0. The molecule has 0 radical (unpaired) electrons. The fourth-order valence-electron chi connectivity index (χ4n) is 3.80. The van der Waals surface area contributed by atoms with E-state index in [1.807, 2.05) is 4.90 Å². The lowest BCUT2D eigenvalue weighted by molar-refractivity contribution is -0.123. The van der Waals surface area contributed by atoms with Crippen molar-refractivity contribution < 1.29 is 9.18 Å². The number of carbonyl (C=O) groups is 1. The Morgan fingerprint density at radius 2 is 2.16 bits per heavy atom. The average Bonchev–Trinajstić information content (AvgIpc) is 3.15. The van der Waals surface area contributed by atoms with Gasteiger partial charge in [0.25, 0.3) is 5.95 Å². The van der Waals surface area contributed by atoms with E-state index in [9.17, 15) is 9.18 Å². The number of hydrogen-bond acceptors (Lipinski definition) is 6. The van der Waals surface area contributed by atoms with E-state index >= 15 is 0 Å². The molecule has 2 aliphatic rings. The summed E-state index contributed by atoms with van der Waals surface area (Å²) in [6, 6.07) is 3.08. The van der Waals surface area contributed by atoms with Crippen LogP contribution in [-0.2, 0) is 10.2 Å². The molecule has 10 heteroatoms. The normalized spacial score (nSPS) is 18.1. The van der Waals surface area contributed by atoms with Crippen LogP contribution in [0.1, 0.15) is 5.56 Å². The van der Waals surface area contributed by atoms with E-state index in [1.165, 1.54) is 6.07 Å². The maximum Gasteiger partial charge on any atom is 0.265 e. The van der Waals surface area contributed by atoms with Gasteiger partial charge in [0.1, 0.15) is 11.2 Å².